The molecule has 0 saturated heterocycles. The summed E-state index contributed by atoms with van der Waals surface area (Å²) in [7, 11) is 0. The van der Waals surface area contributed by atoms with Gasteiger partial charge in [-0.3, -0.25) is 0 Å². The first kappa shape index (κ1) is 44.5. The van der Waals surface area contributed by atoms with Gasteiger partial charge in [0.15, 0.2) is 0 Å². The maximum absolute atomic E-state index is 6.31. The maximum atomic E-state index is 6.31. The van der Waals surface area contributed by atoms with Crippen molar-refractivity contribution in [1.82, 2.24) is 0 Å². The molecule has 4 nitrogen and oxygen atoms in total. The van der Waals surface area contributed by atoms with E-state index in [-0.39, 0.29) is 23.0 Å². The molecule has 0 radical (unpaired) electrons. The third-order valence-electron chi connectivity index (χ3n) is 14.9. The van der Waals surface area contributed by atoms with Gasteiger partial charge in [0.2, 0.25) is 0 Å². The molecule has 3 heterocycles. The molecule has 0 aliphatic carbocycles. The summed E-state index contributed by atoms with van der Waals surface area (Å²) in [4.78, 5) is 7.53. The quantitative estimate of drug-likeness (QED) is 0.155. The molecule has 0 spiro atoms. The van der Waals surface area contributed by atoms with Gasteiger partial charge in [0.25, 0.3) is 6.71 Å². The highest BCUT2D eigenvalue weighted by atomic mass is 16.3. The highest BCUT2D eigenvalue weighted by molar-refractivity contribution is 7.00. The van der Waals surface area contributed by atoms with Crippen LogP contribution in [-0.4, -0.2) is 6.71 Å². The van der Waals surface area contributed by atoms with Gasteiger partial charge in [-0.2, -0.15) is 0 Å². The second-order valence-electron chi connectivity index (χ2n) is 22.7. The molecule has 0 bridgehead atoms. The smallest absolute Gasteiger partial charge is 0.252 e. The van der Waals surface area contributed by atoms with Gasteiger partial charge < -0.3 is 19.1 Å². The zero-order valence-electron chi connectivity index (χ0n) is 42.4. The second-order valence-corrected chi connectivity index (χ2v) is 22.7. The fraction of sp³-hybridized carbons (Fsp3) is 0.182. The molecule has 2 aliphatic rings. The third kappa shape index (κ3) is 7.61. The van der Waals surface area contributed by atoms with E-state index in [9.17, 15) is 0 Å². The molecule has 0 fully saturated rings. The molecular formula is C66H60BN3O. The van der Waals surface area contributed by atoms with E-state index in [2.05, 4.69) is 271 Å². The normalized spacial score (nSPS) is 13.3. The summed E-state index contributed by atoms with van der Waals surface area (Å²) in [6.07, 6.45) is 0. The lowest BCUT2D eigenvalue weighted by molar-refractivity contribution is 0.589. The first-order valence-corrected chi connectivity index (χ1v) is 25.2. The van der Waals surface area contributed by atoms with E-state index in [1.165, 1.54) is 50.1 Å². The number of nitrogens with zero attached hydrogens (tertiary/aromatic N) is 3. The van der Waals surface area contributed by atoms with Gasteiger partial charge in [0.05, 0.1) is 0 Å². The van der Waals surface area contributed by atoms with Crippen molar-refractivity contribution in [3.8, 4) is 11.1 Å². The van der Waals surface area contributed by atoms with Crippen LogP contribution in [0.25, 0.3) is 33.1 Å². The van der Waals surface area contributed by atoms with E-state index in [0.29, 0.717) is 0 Å². The minimum absolute atomic E-state index is 0.0304. The molecule has 2 aliphatic heterocycles. The maximum Gasteiger partial charge on any atom is 0.252 e. The van der Waals surface area contributed by atoms with Crippen molar-refractivity contribution in [3.63, 3.8) is 0 Å². The lowest BCUT2D eigenvalue weighted by Crippen LogP contribution is -2.61. The Bertz CT molecular complexity index is 3630. The monoisotopic (exact) mass is 921 g/mol. The van der Waals surface area contributed by atoms with Gasteiger partial charge in [0.1, 0.15) is 11.2 Å². The number of fused-ring (bicyclic) bond motifs is 7. The summed E-state index contributed by atoms with van der Waals surface area (Å²) in [5.74, 6) is 0. The van der Waals surface area contributed by atoms with E-state index >= 15 is 0 Å². The Morgan fingerprint density at radius 2 is 0.958 bits per heavy atom. The standard InChI is InChI=1S/C66H60BN3O/c1-64(2,3)45-28-31-50(32-29-45)69-57-35-30-46(65(4,5)6)39-56(57)67-55-34-33-52(68(48-20-12-10-13-21-48)49-22-14-11-15-23-49)42-58(55)70(60-41-47(66(7,8)9)40-59(69)63(60)67)51-24-18-19-43(37-51)44-27-36-62-54(38-44)53-25-16-17-26-61(53)71-62/h10-42H,1-9H3. The van der Waals surface area contributed by atoms with E-state index < -0.39 is 0 Å². The van der Waals surface area contributed by atoms with Gasteiger partial charge in [-0.15, -0.1) is 0 Å². The summed E-state index contributed by atoms with van der Waals surface area (Å²) in [5.41, 5.74) is 22.1. The molecule has 0 unspecified atom stereocenters. The van der Waals surface area contributed by atoms with Crippen LogP contribution >= 0.6 is 0 Å². The molecule has 0 saturated carbocycles. The predicted octanol–water partition coefficient (Wildman–Crippen LogP) is 16.7. The van der Waals surface area contributed by atoms with Crippen molar-refractivity contribution in [2.24, 2.45) is 0 Å². The van der Waals surface area contributed by atoms with Gasteiger partial charge in [0, 0.05) is 62.0 Å². The number of rotatable bonds is 6. The lowest BCUT2D eigenvalue weighted by atomic mass is 9.33. The molecule has 1 aromatic heterocycles. The molecule has 12 rings (SSSR count). The minimum Gasteiger partial charge on any atom is -0.456 e. The number of anilines is 9. The van der Waals surface area contributed by atoms with E-state index in [1.54, 1.807) is 0 Å². The summed E-state index contributed by atoms with van der Waals surface area (Å²) in [6, 6.07) is 74.5. The topological polar surface area (TPSA) is 22.9 Å². The Kier molecular flexibility index (Phi) is 10.3. The summed E-state index contributed by atoms with van der Waals surface area (Å²) in [6.45, 7) is 20.9. The number of furan rings is 1. The summed E-state index contributed by atoms with van der Waals surface area (Å²) < 4.78 is 6.31. The predicted molar refractivity (Wildman–Crippen MR) is 304 cm³/mol. The molecule has 0 amide bonds. The molecular weight excluding hydrogens is 862 g/mol. The molecule has 0 N–H and O–H groups in total. The first-order valence-electron chi connectivity index (χ1n) is 25.2. The number of benzene rings is 9. The largest absolute Gasteiger partial charge is 0.456 e. The van der Waals surface area contributed by atoms with E-state index in [4.69, 9.17) is 4.42 Å². The van der Waals surface area contributed by atoms with Crippen molar-refractivity contribution in [2.45, 2.75) is 78.6 Å². The van der Waals surface area contributed by atoms with Gasteiger partial charge in [-0.1, -0.05) is 165 Å². The van der Waals surface area contributed by atoms with Crippen LogP contribution in [0.1, 0.15) is 79.0 Å². The number of hydrogen-bond acceptors (Lipinski definition) is 4. The highest BCUT2D eigenvalue weighted by Gasteiger charge is 2.45. The molecule has 5 heteroatoms. The van der Waals surface area contributed by atoms with Crippen LogP contribution in [0.3, 0.4) is 0 Å². The van der Waals surface area contributed by atoms with Crippen LogP contribution in [0.4, 0.5) is 51.2 Å². The molecule has 348 valence electrons. The number of hydrogen-bond donors (Lipinski definition) is 0. The molecule has 9 aromatic carbocycles. The Labute approximate surface area is 419 Å². The van der Waals surface area contributed by atoms with Crippen LogP contribution in [0.15, 0.2) is 205 Å². The third-order valence-corrected chi connectivity index (χ3v) is 14.9. The summed E-state index contributed by atoms with van der Waals surface area (Å²) in [5, 5.41) is 2.25. The van der Waals surface area contributed by atoms with Crippen LogP contribution in [-0.2, 0) is 16.2 Å². The summed E-state index contributed by atoms with van der Waals surface area (Å²) >= 11 is 0. The van der Waals surface area contributed by atoms with Crippen LogP contribution in [0, 0.1) is 0 Å². The zero-order valence-corrected chi connectivity index (χ0v) is 42.4. The average Bonchev–Trinajstić information content (AvgIpc) is 3.74. The highest BCUT2D eigenvalue weighted by Crippen LogP contribution is 2.49. The molecule has 71 heavy (non-hydrogen) atoms. The van der Waals surface area contributed by atoms with Crippen molar-refractivity contribution >= 4 is 96.2 Å². The fourth-order valence-electron chi connectivity index (χ4n) is 11.0. The Morgan fingerprint density at radius 3 is 1.62 bits per heavy atom. The zero-order chi connectivity index (χ0) is 49.0. The molecule has 0 atom stereocenters. The van der Waals surface area contributed by atoms with Crippen molar-refractivity contribution in [1.29, 1.82) is 0 Å². The van der Waals surface area contributed by atoms with Gasteiger partial charge in [-0.05, 0) is 158 Å². The minimum atomic E-state index is -0.158. The first-order chi connectivity index (χ1) is 34.1. The molecule has 10 aromatic rings. The van der Waals surface area contributed by atoms with Crippen LogP contribution < -0.4 is 31.1 Å². The van der Waals surface area contributed by atoms with Crippen LogP contribution in [0.2, 0.25) is 0 Å². The lowest BCUT2D eigenvalue weighted by Gasteiger charge is -2.45. The van der Waals surface area contributed by atoms with Crippen molar-refractivity contribution in [3.05, 3.63) is 217 Å². The van der Waals surface area contributed by atoms with E-state index in [1.807, 2.05) is 6.07 Å². The van der Waals surface area contributed by atoms with Gasteiger partial charge >= 0.3 is 0 Å². The Morgan fingerprint density at radius 1 is 0.366 bits per heavy atom. The van der Waals surface area contributed by atoms with Crippen LogP contribution in [0.5, 0.6) is 0 Å². The van der Waals surface area contributed by atoms with Crippen molar-refractivity contribution < 1.29 is 4.42 Å². The average molecular weight is 922 g/mol. The van der Waals surface area contributed by atoms with Crippen molar-refractivity contribution in [2.75, 3.05) is 14.7 Å². The SMILES string of the molecule is CC(C)(C)c1ccc(N2c3ccc(C(C)(C)C)cc3B3c4ccc(N(c5ccccc5)c5ccccc5)cc4N(c4cccc(-c5ccc6oc7ccccc7c6c5)c4)c4cc(C(C)(C)C)cc2c43)cc1. The number of para-hydroxylation sites is 3. The Hall–Kier alpha value is -7.76. The fourth-order valence-corrected chi connectivity index (χ4v) is 11.0. The van der Waals surface area contributed by atoms with E-state index in [0.717, 1.165) is 67.2 Å². The van der Waals surface area contributed by atoms with Gasteiger partial charge in [-0.25, -0.2) is 0 Å². The second kappa shape index (κ2) is 16.4. The Balaban J connectivity index is 1.15.